The molecule has 1 fully saturated rings. The molecule has 0 saturated heterocycles. The van der Waals surface area contributed by atoms with Gasteiger partial charge in [-0.25, -0.2) is 9.37 Å². The van der Waals surface area contributed by atoms with Crippen LogP contribution in [0, 0.1) is 11.7 Å². The second-order valence-corrected chi connectivity index (χ2v) is 9.14. The molecule has 7 heteroatoms. The summed E-state index contributed by atoms with van der Waals surface area (Å²) in [6.07, 6.45) is 5.03. The van der Waals surface area contributed by atoms with Crippen LogP contribution < -0.4 is 0 Å². The van der Waals surface area contributed by atoms with Crippen LogP contribution in [-0.4, -0.2) is 28.5 Å². The average Bonchev–Trinajstić information content (AvgIpc) is 3.45. The minimum Gasteiger partial charge on any atom is -0.373 e. The molecule has 0 amide bonds. The number of carbonyl (C=O) groups excluding carboxylic acids is 1. The van der Waals surface area contributed by atoms with Gasteiger partial charge in [0.2, 0.25) is 0 Å². The number of carbonyl (C=O) groups is 1. The van der Waals surface area contributed by atoms with Crippen molar-refractivity contribution in [1.82, 2.24) is 9.55 Å². The highest BCUT2D eigenvalue weighted by Crippen LogP contribution is 2.31. The first-order valence-corrected chi connectivity index (χ1v) is 11.4. The third-order valence-corrected chi connectivity index (χ3v) is 6.23. The summed E-state index contributed by atoms with van der Waals surface area (Å²) in [5.41, 5.74) is 2.31. The highest BCUT2D eigenvalue weighted by molar-refractivity contribution is 9.10. The van der Waals surface area contributed by atoms with Crippen molar-refractivity contribution in [3.8, 4) is 0 Å². The van der Waals surface area contributed by atoms with Gasteiger partial charge in [0, 0.05) is 33.6 Å². The van der Waals surface area contributed by atoms with E-state index < -0.39 is 5.82 Å². The van der Waals surface area contributed by atoms with Crippen molar-refractivity contribution in [2.75, 3.05) is 13.2 Å². The second-order valence-electron chi connectivity index (χ2n) is 7.82. The Morgan fingerprint density at radius 3 is 2.87 bits per heavy atom. The molecule has 0 N–H and O–H groups in total. The summed E-state index contributed by atoms with van der Waals surface area (Å²) < 4.78 is 23.9. The van der Waals surface area contributed by atoms with Gasteiger partial charge in [-0.15, -0.1) is 0 Å². The lowest BCUT2D eigenvalue weighted by atomic mass is 9.95. The molecule has 0 atom stereocenters. The summed E-state index contributed by atoms with van der Waals surface area (Å²) in [6.45, 7) is 3.28. The number of hydrogen-bond acceptors (Lipinski definition) is 3. The third kappa shape index (κ3) is 4.61. The minimum absolute atomic E-state index is 0.0512. The van der Waals surface area contributed by atoms with Crippen LogP contribution in [-0.2, 0) is 17.7 Å². The van der Waals surface area contributed by atoms with Crippen molar-refractivity contribution in [2.45, 2.75) is 39.2 Å². The Hall–Kier alpha value is -1.76. The maximum Gasteiger partial charge on any atom is 0.188 e. The fourth-order valence-corrected chi connectivity index (χ4v) is 4.31. The number of rotatable bonds is 9. The van der Waals surface area contributed by atoms with Gasteiger partial charge in [-0.3, -0.25) is 4.79 Å². The Balaban J connectivity index is 1.74. The number of imidazole rings is 1. The number of aromatic nitrogens is 2. The van der Waals surface area contributed by atoms with Gasteiger partial charge in [0.05, 0.1) is 18.5 Å². The second kappa shape index (κ2) is 9.16. The van der Waals surface area contributed by atoms with E-state index in [1.165, 1.54) is 0 Å². The molecular weight excluding hydrogens is 471 g/mol. The molecule has 1 aliphatic rings. The normalized spacial score (nSPS) is 13.9. The molecule has 0 radical (unpaired) electrons. The number of halogens is 3. The Kier molecular flexibility index (Phi) is 6.56. The van der Waals surface area contributed by atoms with E-state index in [0.717, 1.165) is 29.3 Å². The standard InChI is InChI=1S/C23H23BrClFN2O2/c1-2-7-28-13-27-23-20(28)10-17(21(29)12-30-11-14-3-4-14)18(22(23)26)8-15-5-6-16(24)9-19(15)25/h5-6,9-10,13-14H,2-4,7-8,11-12H2,1H3. The summed E-state index contributed by atoms with van der Waals surface area (Å²) in [7, 11) is 0. The first-order valence-electron chi connectivity index (χ1n) is 10.2. The molecule has 0 aliphatic heterocycles. The maximum absolute atomic E-state index is 15.6. The van der Waals surface area contributed by atoms with Crippen molar-refractivity contribution in [1.29, 1.82) is 0 Å². The van der Waals surface area contributed by atoms with Crippen LogP contribution in [0.3, 0.4) is 0 Å². The molecule has 0 unspecified atom stereocenters. The van der Waals surface area contributed by atoms with E-state index in [4.69, 9.17) is 16.3 Å². The van der Waals surface area contributed by atoms with Gasteiger partial charge in [-0.05, 0) is 48.9 Å². The highest BCUT2D eigenvalue weighted by Gasteiger charge is 2.24. The van der Waals surface area contributed by atoms with Crippen LogP contribution in [0.4, 0.5) is 4.39 Å². The highest BCUT2D eigenvalue weighted by atomic mass is 79.9. The SMILES string of the molecule is CCCn1cnc2c(F)c(Cc3ccc(Br)cc3Cl)c(C(=O)COCC3CC3)cc21. The molecule has 1 aromatic heterocycles. The number of nitrogens with zero attached hydrogens (tertiary/aromatic N) is 2. The topological polar surface area (TPSA) is 44.1 Å². The molecule has 3 aromatic rings. The van der Waals surface area contributed by atoms with E-state index in [-0.39, 0.29) is 24.3 Å². The van der Waals surface area contributed by atoms with Gasteiger partial charge < -0.3 is 9.30 Å². The zero-order valence-corrected chi connectivity index (χ0v) is 19.1. The number of benzene rings is 2. The van der Waals surface area contributed by atoms with Gasteiger partial charge in [0.1, 0.15) is 12.1 Å². The predicted octanol–water partition coefficient (Wildman–Crippen LogP) is 6.20. The molecule has 0 bridgehead atoms. The minimum atomic E-state index is -0.466. The molecule has 1 heterocycles. The Morgan fingerprint density at radius 2 is 2.17 bits per heavy atom. The number of ether oxygens (including phenoxy) is 1. The molecule has 1 aliphatic carbocycles. The summed E-state index contributed by atoms with van der Waals surface area (Å²) in [5, 5.41) is 0.517. The zero-order chi connectivity index (χ0) is 21.3. The first-order chi connectivity index (χ1) is 14.5. The number of fused-ring (bicyclic) bond motifs is 1. The lowest BCUT2D eigenvalue weighted by molar-refractivity contribution is 0.0738. The quantitative estimate of drug-likeness (QED) is 0.333. The first kappa shape index (κ1) is 21.5. The van der Waals surface area contributed by atoms with Crippen LogP contribution >= 0.6 is 27.5 Å². The van der Waals surface area contributed by atoms with Crippen LogP contribution in [0.2, 0.25) is 5.02 Å². The van der Waals surface area contributed by atoms with Gasteiger partial charge in [0.25, 0.3) is 0 Å². The number of hydrogen-bond donors (Lipinski definition) is 0. The van der Waals surface area contributed by atoms with E-state index in [0.29, 0.717) is 40.7 Å². The van der Waals surface area contributed by atoms with Gasteiger partial charge in [0.15, 0.2) is 11.6 Å². The van der Waals surface area contributed by atoms with Crippen LogP contribution in [0.15, 0.2) is 35.1 Å². The largest absolute Gasteiger partial charge is 0.373 e. The van der Waals surface area contributed by atoms with Gasteiger partial charge in [-0.2, -0.15) is 0 Å². The Labute approximate surface area is 188 Å². The van der Waals surface area contributed by atoms with Crippen molar-refractivity contribution < 1.29 is 13.9 Å². The molecule has 30 heavy (non-hydrogen) atoms. The molecule has 2 aromatic carbocycles. The monoisotopic (exact) mass is 492 g/mol. The Morgan fingerprint density at radius 1 is 1.37 bits per heavy atom. The summed E-state index contributed by atoms with van der Waals surface area (Å²) in [5.74, 6) is -0.125. The lowest BCUT2D eigenvalue weighted by Gasteiger charge is -2.13. The van der Waals surface area contributed by atoms with E-state index in [9.17, 15) is 4.79 Å². The maximum atomic E-state index is 15.6. The fourth-order valence-electron chi connectivity index (χ4n) is 3.57. The lowest BCUT2D eigenvalue weighted by Crippen LogP contribution is -2.15. The fraction of sp³-hybridized carbons (Fsp3) is 0.391. The molecule has 1 saturated carbocycles. The smallest absolute Gasteiger partial charge is 0.188 e. The van der Waals surface area contributed by atoms with Crippen LogP contribution in [0.1, 0.15) is 47.7 Å². The van der Waals surface area contributed by atoms with Crippen molar-refractivity contribution in [3.63, 3.8) is 0 Å². The van der Waals surface area contributed by atoms with Gasteiger partial charge in [-0.1, -0.05) is 40.5 Å². The van der Waals surface area contributed by atoms with E-state index >= 15 is 4.39 Å². The molecule has 0 spiro atoms. The number of Topliss-reactive ketones (excluding diaryl/α,β-unsaturated/α-hetero) is 1. The van der Waals surface area contributed by atoms with E-state index in [1.807, 2.05) is 23.6 Å². The number of aryl methyl sites for hydroxylation is 1. The zero-order valence-electron chi connectivity index (χ0n) is 16.8. The summed E-state index contributed by atoms with van der Waals surface area (Å²) in [6, 6.07) is 7.22. The van der Waals surface area contributed by atoms with Crippen molar-refractivity contribution >= 4 is 44.3 Å². The molecule has 158 valence electrons. The summed E-state index contributed by atoms with van der Waals surface area (Å²) in [4.78, 5) is 17.3. The van der Waals surface area contributed by atoms with Crippen molar-refractivity contribution in [3.05, 3.63) is 62.6 Å². The predicted molar refractivity (Wildman–Crippen MR) is 120 cm³/mol. The molecule has 4 nitrogen and oxygen atoms in total. The van der Waals surface area contributed by atoms with E-state index in [2.05, 4.69) is 20.9 Å². The molecular formula is C23H23BrClFN2O2. The number of ketones is 1. The van der Waals surface area contributed by atoms with Gasteiger partial charge >= 0.3 is 0 Å². The van der Waals surface area contributed by atoms with Crippen molar-refractivity contribution in [2.24, 2.45) is 5.92 Å². The molecule has 4 rings (SSSR count). The Bertz CT molecular complexity index is 1090. The van der Waals surface area contributed by atoms with Crippen LogP contribution in [0.25, 0.3) is 11.0 Å². The van der Waals surface area contributed by atoms with Crippen LogP contribution in [0.5, 0.6) is 0 Å². The summed E-state index contributed by atoms with van der Waals surface area (Å²) >= 11 is 9.76. The van der Waals surface area contributed by atoms with E-state index in [1.54, 1.807) is 18.5 Å². The average molecular weight is 494 g/mol. The third-order valence-electron chi connectivity index (χ3n) is 5.39.